The lowest BCUT2D eigenvalue weighted by Crippen LogP contribution is -2.41. The molecule has 6 nitrogen and oxygen atoms in total. The zero-order chi connectivity index (χ0) is 15.5. The molecular formula is C11H11F3N2O4. The lowest BCUT2D eigenvalue weighted by molar-refractivity contribution is -0.387. The van der Waals surface area contributed by atoms with Crippen molar-refractivity contribution in [2.24, 2.45) is 5.73 Å². The third-order valence-electron chi connectivity index (χ3n) is 2.46. The first-order valence-electron chi connectivity index (χ1n) is 5.46. The summed E-state index contributed by atoms with van der Waals surface area (Å²) in [7, 11) is 0. The van der Waals surface area contributed by atoms with Gasteiger partial charge >= 0.3 is 17.6 Å². The van der Waals surface area contributed by atoms with E-state index in [0.717, 1.165) is 6.07 Å². The maximum Gasteiger partial charge on any atom is 0.379 e. The third-order valence-corrected chi connectivity index (χ3v) is 2.46. The van der Waals surface area contributed by atoms with Crippen LogP contribution in [0, 0.1) is 15.9 Å². The fourth-order valence-electron chi connectivity index (χ4n) is 1.43. The van der Waals surface area contributed by atoms with Crippen LogP contribution in [-0.2, 0) is 9.53 Å². The zero-order valence-corrected chi connectivity index (χ0v) is 10.3. The second kappa shape index (κ2) is 5.87. The van der Waals surface area contributed by atoms with E-state index in [1.165, 1.54) is 6.92 Å². The van der Waals surface area contributed by atoms with E-state index in [9.17, 15) is 28.1 Å². The average Bonchev–Trinajstić information content (AvgIpc) is 2.38. The quantitative estimate of drug-likeness (QED) is 0.508. The molecule has 2 N–H and O–H groups in total. The van der Waals surface area contributed by atoms with E-state index >= 15 is 0 Å². The highest BCUT2D eigenvalue weighted by Crippen LogP contribution is 2.32. The number of rotatable bonds is 5. The minimum Gasteiger partial charge on any atom is -0.462 e. The Kier molecular flexibility index (Phi) is 4.66. The Morgan fingerprint density at radius 2 is 2.15 bits per heavy atom. The fraction of sp³-hybridized carbons (Fsp3) is 0.364. The molecule has 0 amide bonds. The lowest BCUT2D eigenvalue weighted by atomic mass is 10.0. The van der Waals surface area contributed by atoms with Crippen molar-refractivity contribution in [3.05, 3.63) is 39.7 Å². The van der Waals surface area contributed by atoms with Gasteiger partial charge in [0.05, 0.1) is 11.5 Å². The van der Waals surface area contributed by atoms with Gasteiger partial charge in [-0.1, -0.05) is 6.07 Å². The molecule has 9 heteroatoms. The summed E-state index contributed by atoms with van der Waals surface area (Å²) in [6.07, 6.45) is 0. The van der Waals surface area contributed by atoms with Gasteiger partial charge in [-0.25, -0.2) is 4.79 Å². The second-order valence-corrected chi connectivity index (χ2v) is 3.79. The molecule has 0 spiro atoms. The van der Waals surface area contributed by atoms with Gasteiger partial charge in [-0.3, -0.25) is 10.1 Å². The van der Waals surface area contributed by atoms with E-state index in [4.69, 9.17) is 5.73 Å². The molecule has 110 valence electrons. The number of ether oxygens (including phenoxy) is 1. The molecule has 1 rings (SSSR count). The number of esters is 1. The Labute approximate surface area is 111 Å². The summed E-state index contributed by atoms with van der Waals surface area (Å²) in [6.45, 7) is 1.06. The van der Waals surface area contributed by atoms with Crippen molar-refractivity contribution < 1.29 is 27.6 Å². The average molecular weight is 292 g/mol. The molecule has 1 aromatic rings. The standard InChI is InChI=1S/C11H11F3N2O4/c1-2-20-10(17)11(13,14)9(15)6-3-4-7(12)8(5-6)16(18)19/h3-5,9H,2,15H2,1H3/t9-/m1/s1. The number of benzene rings is 1. The van der Waals surface area contributed by atoms with Crippen LogP contribution in [0.25, 0.3) is 0 Å². The van der Waals surface area contributed by atoms with E-state index in [1.807, 2.05) is 0 Å². The van der Waals surface area contributed by atoms with Gasteiger partial charge in [0.15, 0.2) is 0 Å². The summed E-state index contributed by atoms with van der Waals surface area (Å²) in [5, 5.41) is 10.5. The Bertz CT molecular complexity index is 536. The van der Waals surface area contributed by atoms with Crippen LogP contribution >= 0.6 is 0 Å². The largest absolute Gasteiger partial charge is 0.462 e. The molecule has 0 saturated carbocycles. The van der Waals surface area contributed by atoms with Crippen LogP contribution in [0.2, 0.25) is 0 Å². The van der Waals surface area contributed by atoms with Crippen molar-refractivity contribution in [2.45, 2.75) is 18.9 Å². The van der Waals surface area contributed by atoms with Crippen LogP contribution in [0.5, 0.6) is 0 Å². The van der Waals surface area contributed by atoms with Gasteiger partial charge < -0.3 is 10.5 Å². The maximum atomic E-state index is 13.7. The van der Waals surface area contributed by atoms with Crippen molar-refractivity contribution in [3.63, 3.8) is 0 Å². The summed E-state index contributed by atoms with van der Waals surface area (Å²) in [5.74, 6) is -7.12. The predicted molar refractivity (Wildman–Crippen MR) is 61.6 cm³/mol. The zero-order valence-electron chi connectivity index (χ0n) is 10.3. The normalized spacial score (nSPS) is 12.8. The summed E-state index contributed by atoms with van der Waals surface area (Å²) < 4.78 is 44.6. The highest BCUT2D eigenvalue weighted by Gasteiger charge is 2.48. The van der Waals surface area contributed by atoms with Crippen LogP contribution in [0.15, 0.2) is 18.2 Å². The number of alkyl halides is 2. The number of nitrogens with two attached hydrogens (primary N) is 1. The number of carbonyl (C=O) groups excluding carboxylic acids is 1. The van der Waals surface area contributed by atoms with Crippen molar-refractivity contribution in [1.29, 1.82) is 0 Å². The van der Waals surface area contributed by atoms with Crippen molar-refractivity contribution in [3.8, 4) is 0 Å². The fourth-order valence-corrected chi connectivity index (χ4v) is 1.43. The number of halogens is 3. The van der Waals surface area contributed by atoms with Gasteiger partial charge in [0, 0.05) is 6.07 Å². The van der Waals surface area contributed by atoms with Crippen molar-refractivity contribution in [1.82, 2.24) is 0 Å². The van der Waals surface area contributed by atoms with E-state index < -0.39 is 39.9 Å². The molecular weight excluding hydrogens is 281 g/mol. The van der Waals surface area contributed by atoms with Crippen LogP contribution in [0.3, 0.4) is 0 Å². The molecule has 0 fully saturated rings. The Balaban J connectivity index is 3.14. The first kappa shape index (κ1) is 15.9. The number of nitrogens with zero attached hydrogens (tertiary/aromatic N) is 1. The van der Waals surface area contributed by atoms with Crippen molar-refractivity contribution in [2.75, 3.05) is 6.61 Å². The predicted octanol–water partition coefficient (Wildman–Crippen LogP) is 1.93. The Hall–Kier alpha value is -2.16. The minimum atomic E-state index is -4.08. The van der Waals surface area contributed by atoms with Crippen LogP contribution in [0.4, 0.5) is 18.9 Å². The summed E-state index contributed by atoms with van der Waals surface area (Å²) >= 11 is 0. The van der Waals surface area contributed by atoms with Gasteiger partial charge in [0.25, 0.3) is 0 Å². The summed E-state index contributed by atoms with van der Waals surface area (Å²) in [5.41, 5.74) is 3.78. The van der Waals surface area contributed by atoms with Crippen LogP contribution in [-0.4, -0.2) is 23.4 Å². The van der Waals surface area contributed by atoms with Gasteiger partial charge in [-0.05, 0) is 18.6 Å². The second-order valence-electron chi connectivity index (χ2n) is 3.79. The molecule has 0 aliphatic rings. The molecule has 0 aromatic heterocycles. The molecule has 0 radical (unpaired) electrons. The lowest BCUT2D eigenvalue weighted by Gasteiger charge is -2.21. The first-order valence-corrected chi connectivity index (χ1v) is 5.46. The first-order chi connectivity index (χ1) is 9.21. The van der Waals surface area contributed by atoms with E-state index in [-0.39, 0.29) is 6.61 Å². The molecule has 20 heavy (non-hydrogen) atoms. The van der Waals surface area contributed by atoms with Gasteiger partial charge in [0.2, 0.25) is 5.82 Å². The highest BCUT2D eigenvalue weighted by molar-refractivity contribution is 5.79. The number of hydrogen-bond donors (Lipinski definition) is 1. The topological polar surface area (TPSA) is 95.5 Å². The van der Waals surface area contributed by atoms with E-state index in [2.05, 4.69) is 4.74 Å². The summed E-state index contributed by atoms with van der Waals surface area (Å²) in [4.78, 5) is 20.6. The molecule has 0 heterocycles. The Morgan fingerprint density at radius 3 is 2.65 bits per heavy atom. The summed E-state index contributed by atoms with van der Waals surface area (Å²) in [6, 6.07) is -0.136. The third kappa shape index (κ3) is 3.05. The van der Waals surface area contributed by atoms with Gasteiger partial charge in [-0.15, -0.1) is 0 Å². The van der Waals surface area contributed by atoms with E-state index in [0.29, 0.717) is 12.1 Å². The molecule has 1 aromatic carbocycles. The molecule has 0 saturated heterocycles. The number of nitro groups is 1. The molecule has 0 aliphatic heterocycles. The number of nitro benzene ring substituents is 1. The monoisotopic (exact) mass is 292 g/mol. The van der Waals surface area contributed by atoms with Crippen LogP contribution < -0.4 is 5.73 Å². The van der Waals surface area contributed by atoms with Gasteiger partial charge in [0.1, 0.15) is 6.04 Å². The molecule has 1 atom stereocenters. The number of hydrogen-bond acceptors (Lipinski definition) is 5. The molecule has 0 unspecified atom stereocenters. The molecule has 0 aliphatic carbocycles. The minimum absolute atomic E-state index is 0.273. The van der Waals surface area contributed by atoms with E-state index in [1.54, 1.807) is 0 Å². The SMILES string of the molecule is CCOC(=O)C(F)(F)[C@H](N)c1ccc(F)c([N+](=O)[O-])c1. The maximum absolute atomic E-state index is 13.7. The van der Waals surface area contributed by atoms with Crippen LogP contribution in [0.1, 0.15) is 18.5 Å². The Morgan fingerprint density at radius 1 is 1.55 bits per heavy atom. The smallest absolute Gasteiger partial charge is 0.379 e. The molecule has 0 bridgehead atoms. The number of carbonyl (C=O) groups is 1. The van der Waals surface area contributed by atoms with Crippen molar-refractivity contribution >= 4 is 11.7 Å². The van der Waals surface area contributed by atoms with Gasteiger partial charge in [-0.2, -0.15) is 13.2 Å². The highest BCUT2D eigenvalue weighted by atomic mass is 19.3.